The third-order valence-corrected chi connectivity index (χ3v) is 3.01. The van der Waals surface area contributed by atoms with Crippen LogP contribution in [-0.4, -0.2) is 63.0 Å². The van der Waals surface area contributed by atoms with Gasteiger partial charge in [-0.2, -0.15) is 0 Å². The zero-order valence-corrected chi connectivity index (χ0v) is 10.9. The lowest BCUT2D eigenvalue weighted by Gasteiger charge is -2.27. The summed E-state index contributed by atoms with van der Waals surface area (Å²) in [4.78, 5) is 2.43. The molecule has 2 unspecified atom stereocenters. The van der Waals surface area contributed by atoms with Crippen molar-refractivity contribution in [2.75, 3.05) is 46.0 Å². The smallest absolute Gasteiger partial charge is 0.0933 e. The predicted molar refractivity (Wildman–Crippen MR) is 65.8 cm³/mol. The van der Waals surface area contributed by atoms with Gasteiger partial charge >= 0.3 is 0 Å². The zero-order chi connectivity index (χ0) is 11.8. The van der Waals surface area contributed by atoms with Crippen molar-refractivity contribution in [1.29, 1.82) is 0 Å². The lowest BCUT2D eigenvalue weighted by Crippen LogP contribution is -2.44. The van der Waals surface area contributed by atoms with Crippen molar-refractivity contribution < 1.29 is 9.47 Å². The molecule has 1 aliphatic rings. The van der Waals surface area contributed by atoms with Gasteiger partial charge < -0.3 is 19.7 Å². The Morgan fingerprint density at radius 3 is 2.62 bits per heavy atom. The van der Waals surface area contributed by atoms with E-state index >= 15 is 0 Å². The fourth-order valence-corrected chi connectivity index (χ4v) is 1.92. The molecule has 1 rings (SSSR count). The summed E-state index contributed by atoms with van der Waals surface area (Å²) >= 11 is 0. The third kappa shape index (κ3) is 5.25. The summed E-state index contributed by atoms with van der Waals surface area (Å²) in [5.41, 5.74) is 0. The zero-order valence-electron chi connectivity index (χ0n) is 10.9. The lowest BCUT2D eigenvalue weighted by molar-refractivity contribution is -0.0871. The van der Waals surface area contributed by atoms with Gasteiger partial charge in [-0.25, -0.2) is 0 Å². The van der Waals surface area contributed by atoms with E-state index < -0.39 is 0 Å². The van der Waals surface area contributed by atoms with Crippen LogP contribution in [0.15, 0.2) is 0 Å². The Kier molecular flexibility index (Phi) is 6.96. The maximum absolute atomic E-state index is 5.58. The molecule has 1 N–H and O–H groups in total. The molecule has 0 radical (unpaired) electrons. The Bertz CT molecular complexity index is 168. The van der Waals surface area contributed by atoms with Gasteiger partial charge in [0.25, 0.3) is 0 Å². The van der Waals surface area contributed by atoms with Gasteiger partial charge in [-0.1, -0.05) is 13.8 Å². The van der Waals surface area contributed by atoms with Crippen LogP contribution >= 0.6 is 0 Å². The Morgan fingerprint density at radius 2 is 2.06 bits per heavy atom. The first-order valence-corrected chi connectivity index (χ1v) is 6.41. The molecule has 0 saturated carbocycles. The average molecular weight is 230 g/mol. The van der Waals surface area contributed by atoms with Crippen molar-refractivity contribution >= 4 is 0 Å². The van der Waals surface area contributed by atoms with Gasteiger partial charge in [0, 0.05) is 19.1 Å². The van der Waals surface area contributed by atoms with Crippen molar-refractivity contribution in [2.45, 2.75) is 32.9 Å². The number of rotatable bonds is 7. The molecule has 1 aliphatic heterocycles. The first-order valence-electron chi connectivity index (χ1n) is 6.41. The summed E-state index contributed by atoms with van der Waals surface area (Å²) in [6.45, 7) is 13.1. The Morgan fingerprint density at radius 1 is 1.31 bits per heavy atom. The fourth-order valence-electron chi connectivity index (χ4n) is 1.92. The second-order valence-electron chi connectivity index (χ2n) is 4.36. The van der Waals surface area contributed by atoms with Crippen molar-refractivity contribution in [3.63, 3.8) is 0 Å². The minimum Gasteiger partial charge on any atom is -0.376 e. The molecule has 0 aliphatic carbocycles. The predicted octanol–water partition coefficient (Wildman–Crippen LogP) is 0.722. The monoisotopic (exact) mass is 230 g/mol. The van der Waals surface area contributed by atoms with Gasteiger partial charge in [-0.05, 0) is 20.0 Å². The van der Waals surface area contributed by atoms with E-state index in [0.29, 0.717) is 6.04 Å². The maximum Gasteiger partial charge on any atom is 0.0933 e. The summed E-state index contributed by atoms with van der Waals surface area (Å²) in [5.74, 6) is 0. The standard InChI is InChI=1S/C12H26N2O2/c1-4-14(5-2)9-11(3)13-8-12-10-15-6-7-16-12/h11-13H,4-10H2,1-3H3. The van der Waals surface area contributed by atoms with E-state index in [0.717, 1.165) is 46.0 Å². The number of nitrogens with zero attached hydrogens (tertiary/aromatic N) is 1. The molecule has 1 saturated heterocycles. The molecule has 16 heavy (non-hydrogen) atoms. The highest BCUT2D eigenvalue weighted by Gasteiger charge is 2.15. The molecular weight excluding hydrogens is 204 g/mol. The quantitative estimate of drug-likeness (QED) is 0.699. The van der Waals surface area contributed by atoms with E-state index in [1.54, 1.807) is 0 Å². The first-order chi connectivity index (χ1) is 7.76. The summed E-state index contributed by atoms with van der Waals surface area (Å²) in [6, 6.07) is 0.505. The number of hydrogen-bond acceptors (Lipinski definition) is 4. The van der Waals surface area contributed by atoms with Gasteiger partial charge in [0.05, 0.1) is 25.9 Å². The fraction of sp³-hybridized carbons (Fsp3) is 1.00. The van der Waals surface area contributed by atoms with Crippen LogP contribution in [0.4, 0.5) is 0 Å². The van der Waals surface area contributed by atoms with Gasteiger partial charge in [0.15, 0.2) is 0 Å². The van der Waals surface area contributed by atoms with Crippen LogP contribution in [0.5, 0.6) is 0 Å². The van der Waals surface area contributed by atoms with Crippen LogP contribution in [0.1, 0.15) is 20.8 Å². The highest BCUT2D eigenvalue weighted by molar-refractivity contribution is 4.71. The Hall–Kier alpha value is -0.160. The van der Waals surface area contributed by atoms with Crippen LogP contribution in [0.2, 0.25) is 0 Å². The molecule has 4 heteroatoms. The molecule has 0 aromatic heterocycles. The van der Waals surface area contributed by atoms with E-state index in [1.165, 1.54) is 0 Å². The van der Waals surface area contributed by atoms with Gasteiger partial charge in [-0.3, -0.25) is 0 Å². The van der Waals surface area contributed by atoms with Gasteiger partial charge in [0.2, 0.25) is 0 Å². The number of ether oxygens (including phenoxy) is 2. The molecule has 4 nitrogen and oxygen atoms in total. The average Bonchev–Trinajstić information content (AvgIpc) is 2.34. The molecule has 1 heterocycles. The maximum atomic E-state index is 5.58. The summed E-state index contributed by atoms with van der Waals surface area (Å²) in [6.07, 6.45) is 0.230. The molecular formula is C12H26N2O2. The molecule has 0 aromatic rings. The molecule has 0 spiro atoms. The van der Waals surface area contributed by atoms with Crippen LogP contribution in [-0.2, 0) is 9.47 Å². The minimum absolute atomic E-state index is 0.230. The largest absolute Gasteiger partial charge is 0.376 e. The van der Waals surface area contributed by atoms with E-state index in [4.69, 9.17) is 9.47 Å². The van der Waals surface area contributed by atoms with Crippen molar-refractivity contribution in [1.82, 2.24) is 10.2 Å². The number of nitrogens with one attached hydrogen (secondary N) is 1. The highest BCUT2D eigenvalue weighted by atomic mass is 16.6. The Labute approximate surface area is 99.3 Å². The molecule has 0 bridgehead atoms. The number of hydrogen-bond donors (Lipinski definition) is 1. The SMILES string of the molecule is CCN(CC)CC(C)NCC1COCCO1. The van der Waals surface area contributed by atoms with E-state index in [-0.39, 0.29) is 6.10 Å². The lowest BCUT2D eigenvalue weighted by atomic mass is 10.2. The van der Waals surface area contributed by atoms with Crippen molar-refractivity contribution in [3.8, 4) is 0 Å². The topological polar surface area (TPSA) is 33.7 Å². The molecule has 96 valence electrons. The summed E-state index contributed by atoms with van der Waals surface area (Å²) in [7, 11) is 0. The Balaban J connectivity index is 2.10. The van der Waals surface area contributed by atoms with Crippen molar-refractivity contribution in [3.05, 3.63) is 0 Å². The minimum atomic E-state index is 0.230. The van der Waals surface area contributed by atoms with Crippen molar-refractivity contribution in [2.24, 2.45) is 0 Å². The number of likely N-dealkylation sites (N-methyl/N-ethyl adjacent to an activating group) is 1. The van der Waals surface area contributed by atoms with Gasteiger partial charge in [0.1, 0.15) is 0 Å². The second-order valence-corrected chi connectivity index (χ2v) is 4.36. The first kappa shape index (κ1) is 13.9. The van der Waals surface area contributed by atoms with E-state index in [1.807, 2.05) is 0 Å². The van der Waals surface area contributed by atoms with E-state index in [2.05, 4.69) is 31.0 Å². The highest BCUT2D eigenvalue weighted by Crippen LogP contribution is 2.00. The third-order valence-electron chi connectivity index (χ3n) is 3.01. The molecule has 0 aromatic carbocycles. The normalized spacial score (nSPS) is 23.6. The second kappa shape index (κ2) is 8.01. The van der Waals surface area contributed by atoms with E-state index in [9.17, 15) is 0 Å². The van der Waals surface area contributed by atoms with Gasteiger partial charge in [-0.15, -0.1) is 0 Å². The summed E-state index contributed by atoms with van der Waals surface area (Å²) in [5, 5.41) is 3.50. The molecule has 2 atom stereocenters. The molecule has 1 fully saturated rings. The van der Waals surface area contributed by atoms with Crippen LogP contribution in [0.3, 0.4) is 0 Å². The molecule has 0 amide bonds. The van der Waals surface area contributed by atoms with Crippen LogP contribution < -0.4 is 5.32 Å². The summed E-state index contributed by atoms with van der Waals surface area (Å²) < 4.78 is 10.9. The van der Waals surface area contributed by atoms with Crippen LogP contribution in [0, 0.1) is 0 Å². The van der Waals surface area contributed by atoms with Crippen LogP contribution in [0.25, 0.3) is 0 Å².